The van der Waals surface area contributed by atoms with Gasteiger partial charge in [0.15, 0.2) is 0 Å². The molecule has 0 aliphatic rings. The SMILES string of the molecule is COc1cccc(NC(=O)NC[C@@](C)(O)CSC)c1. The van der Waals surface area contributed by atoms with Crippen molar-refractivity contribution in [2.45, 2.75) is 12.5 Å². The largest absolute Gasteiger partial charge is 0.497 e. The molecule has 1 atom stereocenters. The molecule has 2 amide bonds. The van der Waals surface area contributed by atoms with Crippen LogP contribution in [0.2, 0.25) is 0 Å². The van der Waals surface area contributed by atoms with Crippen LogP contribution in [0, 0.1) is 0 Å². The van der Waals surface area contributed by atoms with E-state index in [2.05, 4.69) is 10.6 Å². The van der Waals surface area contributed by atoms with Crippen LogP contribution in [0.15, 0.2) is 24.3 Å². The van der Waals surface area contributed by atoms with Crippen LogP contribution in [0.1, 0.15) is 6.92 Å². The normalized spacial score (nSPS) is 13.5. The smallest absolute Gasteiger partial charge is 0.319 e. The molecular weight excluding hydrogens is 264 g/mol. The van der Waals surface area contributed by atoms with Crippen molar-refractivity contribution in [2.75, 3.05) is 31.0 Å². The van der Waals surface area contributed by atoms with E-state index in [1.165, 1.54) is 11.8 Å². The van der Waals surface area contributed by atoms with Crippen LogP contribution in [0.5, 0.6) is 5.75 Å². The number of rotatable bonds is 6. The molecule has 1 aromatic rings. The molecule has 106 valence electrons. The number of anilines is 1. The number of benzene rings is 1. The maximum Gasteiger partial charge on any atom is 0.319 e. The monoisotopic (exact) mass is 284 g/mol. The summed E-state index contributed by atoms with van der Waals surface area (Å²) in [5, 5.41) is 15.3. The van der Waals surface area contributed by atoms with Crippen molar-refractivity contribution in [1.82, 2.24) is 5.32 Å². The molecule has 5 nitrogen and oxygen atoms in total. The average Bonchev–Trinajstić information content (AvgIpc) is 2.37. The van der Waals surface area contributed by atoms with Crippen LogP contribution in [0.3, 0.4) is 0 Å². The first-order valence-corrected chi connectivity index (χ1v) is 7.26. The zero-order chi connectivity index (χ0) is 14.3. The molecule has 0 unspecified atom stereocenters. The number of urea groups is 1. The van der Waals surface area contributed by atoms with Crippen molar-refractivity contribution >= 4 is 23.5 Å². The molecular formula is C13H20N2O3S. The number of hydrogen-bond acceptors (Lipinski definition) is 4. The Bertz CT molecular complexity index is 424. The van der Waals surface area contributed by atoms with Gasteiger partial charge in [-0.2, -0.15) is 11.8 Å². The van der Waals surface area contributed by atoms with Gasteiger partial charge in [0.2, 0.25) is 0 Å². The van der Waals surface area contributed by atoms with Gasteiger partial charge in [-0.3, -0.25) is 0 Å². The lowest BCUT2D eigenvalue weighted by Crippen LogP contribution is -2.43. The number of methoxy groups -OCH3 is 1. The van der Waals surface area contributed by atoms with E-state index in [9.17, 15) is 9.90 Å². The minimum absolute atomic E-state index is 0.198. The van der Waals surface area contributed by atoms with Gasteiger partial charge >= 0.3 is 6.03 Å². The van der Waals surface area contributed by atoms with Gasteiger partial charge < -0.3 is 20.5 Å². The first kappa shape index (κ1) is 15.7. The number of thioether (sulfide) groups is 1. The minimum Gasteiger partial charge on any atom is -0.497 e. The fraction of sp³-hybridized carbons (Fsp3) is 0.462. The van der Waals surface area contributed by atoms with Gasteiger partial charge in [-0.15, -0.1) is 0 Å². The molecule has 0 aromatic heterocycles. The third-order valence-corrected chi connectivity index (χ3v) is 3.32. The Morgan fingerprint density at radius 3 is 2.89 bits per heavy atom. The summed E-state index contributed by atoms with van der Waals surface area (Å²) in [5.41, 5.74) is -0.271. The molecule has 0 heterocycles. The summed E-state index contributed by atoms with van der Waals surface area (Å²) in [5.74, 6) is 1.24. The molecule has 19 heavy (non-hydrogen) atoms. The van der Waals surface area contributed by atoms with E-state index in [-0.39, 0.29) is 12.6 Å². The van der Waals surface area contributed by atoms with Gasteiger partial charge in [0.25, 0.3) is 0 Å². The maximum absolute atomic E-state index is 11.7. The molecule has 6 heteroatoms. The van der Waals surface area contributed by atoms with Gasteiger partial charge in [0.05, 0.1) is 12.7 Å². The molecule has 0 aliphatic heterocycles. The minimum atomic E-state index is -0.912. The molecule has 0 saturated heterocycles. The highest BCUT2D eigenvalue weighted by Crippen LogP contribution is 2.16. The van der Waals surface area contributed by atoms with Crippen LogP contribution in [-0.2, 0) is 0 Å². The predicted octanol–water partition coefficient (Wildman–Crippen LogP) is 1.93. The van der Waals surface area contributed by atoms with E-state index in [1.807, 2.05) is 6.26 Å². The summed E-state index contributed by atoms with van der Waals surface area (Å²) in [6, 6.07) is 6.72. The van der Waals surface area contributed by atoms with Crippen molar-refractivity contribution in [3.63, 3.8) is 0 Å². The third kappa shape index (κ3) is 5.85. The highest BCUT2D eigenvalue weighted by molar-refractivity contribution is 7.98. The number of ether oxygens (including phenoxy) is 1. The number of amides is 2. The lowest BCUT2D eigenvalue weighted by molar-refractivity contribution is 0.0876. The van der Waals surface area contributed by atoms with Gasteiger partial charge in [0, 0.05) is 24.1 Å². The summed E-state index contributed by atoms with van der Waals surface area (Å²) in [6.45, 7) is 1.89. The van der Waals surface area contributed by atoms with Gasteiger partial charge in [-0.05, 0) is 25.3 Å². The zero-order valence-corrected chi connectivity index (χ0v) is 12.2. The second-order valence-corrected chi connectivity index (χ2v) is 5.34. The van der Waals surface area contributed by atoms with Crippen LogP contribution in [-0.4, -0.2) is 42.4 Å². The molecule has 0 saturated carbocycles. The Morgan fingerprint density at radius 2 is 2.26 bits per heavy atom. The Hall–Kier alpha value is -1.40. The van der Waals surface area contributed by atoms with E-state index < -0.39 is 5.60 Å². The summed E-state index contributed by atoms with van der Waals surface area (Å²) >= 11 is 1.53. The van der Waals surface area contributed by atoms with Crippen LogP contribution >= 0.6 is 11.8 Å². The van der Waals surface area contributed by atoms with Crippen LogP contribution < -0.4 is 15.4 Å². The Morgan fingerprint density at radius 1 is 1.53 bits per heavy atom. The first-order chi connectivity index (χ1) is 8.96. The zero-order valence-electron chi connectivity index (χ0n) is 11.4. The first-order valence-electron chi connectivity index (χ1n) is 5.87. The number of carbonyl (C=O) groups excluding carboxylic acids is 1. The number of hydrogen-bond donors (Lipinski definition) is 3. The molecule has 0 aliphatic carbocycles. The number of aliphatic hydroxyl groups is 1. The summed E-state index contributed by atoms with van der Waals surface area (Å²) < 4.78 is 5.07. The van der Waals surface area contributed by atoms with E-state index in [4.69, 9.17) is 4.74 Å². The van der Waals surface area contributed by atoms with Crippen molar-refractivity contribution < 1.29 is 14.6 Å². The second-order valence-electron chi connectivity index (χ2n) is 4.47. The quantitative estimate of drug-likeness (QED) is 0.746. The molecule has 3 N–H and O–H groups in total. The van der Waals surface area contributed by atoms with Crippen LogP contribution in [0.4, 0.5) is 10.5 Å². The highest BCUT2D eigenvalue weighted by atomic mass is 32.2. The topological polar surface area (TPSA) is 70.6 Å². The average molecular weight is 284 g/mol. The molecule has 1 rings (SSSR count). The fourth-order valence-electron chi connectivity index (χ4n) is 1.51. The number of nitrogens with one attached hydrogen (secondary N) is 2. The molecule has 0 radical (unpaired) electrons. The van der Waals surface area contributed by atoms with E-state index in [0.717, 1.165) is 0 Å². The van der Waals surface area contributed by atoms with Crippen molar-refractivity contribution in [1.29, 1.82) is 0 Å². The summed E-state index contributed by atoms with van der Waals surface area (Å²) in [6.07, 6.45) is 1.91. The van der Waals surface area contributed by atoms with E-state index in [0.29, 0.717) is 17.2 Å². The van der Waals surface area contributed by atoms with Gasteiger partial charge in [-0.1, -0.05) is 6.07 Å². The fourth-order valence-corrected chi connectivity index (χ4v) is 2.23. The van der Waals surface area contributed by atoms with E-state index in [1.54, 1.807) is 38.3 Å². The number of carbonyl (C=O) groups is 1. The Kier molecular flexibility index (Phi) is 5.98. The van der Waals surface area contributed by atoms with Crippen molar-refractivity contribution in [2.24, 2.45) is 0 Å². The summed E-state index contributed by atoms with van der Waals surface area (Å²) in [4.78, 5) is 11.7. The Labute approximate surface area is 117 Å². The summed E-state index contributed by atoms with van der Waals surface area (Å²) in [7, 11) is 1.57. The maximum atomic E-state index is 11.7. The van der Waals surface area contributed by atoms with Crippen molar-refractivity contribution in [3.8, 4) is 5.75 Å². The lowest BCUT2D eigenvalue weighted by atomic mass is 10.1. The molecule has 0 fully saturated rings. The molecule has 0 spiro atoms. The lowest BCUT2D eigenvalue weighted by Gasteiger charge is -2.22. The molecule has 0 bridgehead atoms. The van der Waals surface area contributed by atoms with Crippen molar-refractivity contribution in [3.05, 3.63) is 24.3 Å². The highest BCUT2D eigenvalue weighted by Gasteiger charge is 2.20. The standard InChI is InChI=1S/C13H20N2O3S/c1-13(17,9-19-3)8-14-12(16)15-10-5-4-6-11(7-10)18-2/h4-7,17H,8-9H2,1-3H3,(H2,14,15,16)/t13-/m1/s1. The van der Waals surface area contributed by atoms with Gasteiger partial charge in [0.1, 0.15) is 5.75 Å². The second kappa shape index (κ2) is 7.25. The van der Waals surface area contributed by atoms with Gasteiger partial charge in [-0.25, -0.2) is 4.79 Å². The third-order valence-electron chi connectivity index (χ3n) is 2.41. The Balaban J connectivity index is 2.46. The predicted molar refractivity (Wildman–Crippen MR) is 79.0 cm³/mol. The van der Waals surface area contributed by atoms with E-state index >= 15 is 0 Å². The van der Waals surface area contributed by atoms with Crippen LogP contribution in [0.25, 0.3) is 0 Å². The molecule has 1 aromatic carbocycles.